The van der Waals surface area contributed by atoms with Crippen molar-refractivity contribution in [3.63, 3.8) is 0 Å². The van der Waals surface area contributed by atoms with Crippen LogP contribution in [0.5, 0.6) is 17.2 Å². The first-order valence-corrected chi connectivity index (χ1v) is 9.78. The number of methoxy groups -OCH3 is 3. The van der Waals surface area contributed by atoms with E-state index in [0.717, 1.165) is 6.08 Å². The van der Waals surface area contributed by atoms with Crippen molar-refractivity contribution in [1.29, 1.82) is 0 Å². The van der Waals surface area contributed by atoms with Gasteiger partial charge in [-0.15, -0.1) is 0 Å². The van der Waals surface area contributed by atoms with Crippen LogP contribution in [0, 0.1) is 5.82 Å². The van der Waals surface area contributed by atoms with E-state index in [2.05, 4.69) is 0 Å². The lowest BCUT2D eigenvalue weighted by Gasteiger charge is -2.22. The molecule has 0 aliphatic heterocycles. The number of nitrogens with zero attached hydrogens (tertiary/aromatic N) is 1. The molecule has 0 bridgehead atoms. The molecule has 0 spiro atoms. The van der Waals surface area contributed by atoms with E-state index in [0.29, 0.717) is 28.5 Å². The van der Waals surface area contributed by atoms with Gasteiger partial charge in [-0.25, -0.2) is 9.18 Å². The molecule has 2 aromatic rings. The van der Waals surface area contributed by atoms with Gasteiger partial charge >= 0.3 is 5.97 Å². The monoisotopic (exact) mass is 460 g/mol. The van der Waals surface area contributed by atoms with Gasteiger partial charge in [0.15, 0.2) is 18.1 Å². The first-order valence-electron chi connectivity index (χ1n) is 9.78. The molecule has 2 rings (SSSR count). The highest BCUT2D eigenvalue weighted by Gasteiger charge is 2.18. The van der Waals surface area contributed by atoms with Crippen molar-refractivity contribution >= 4 is 29.5 Å². The van der Waals surface area contributed by atoms with Crippen LogP contribution in [0.4, 0.5) is 10.1 Å². The first kappa shape index (κ1) is 25.2. The van der Waals surface area contributed by atoms with Crippen LogP contribution in [0.15, 0.2) is 42.5 Å². The molecular formula is C23H25FN2O7. The Balaban J connectivity index is 2.07. The van der Waals surface area contributed by atoms with E-state index in [4.69, 9.17) is 24.7 Å². The average molecular weight is 460 g/mol. The fourth-order valence-corrected chi connectivity index (χ4v) is 2.86. The number of halogens is 1. The van der Waals surface area contributed by atoms with Crippen LogP contribution in [-0.4, -0.2) is 52.3 Å². The maximum absolute atomic E-state index is 13.2. The molecule has 0 saturated carbocycles. The molecule has 0 heterocycles. The van der Waals surface area contributed by atoms with Gasteiger partial charge in [-0.2, -0.15) is 0 Å². The minimum absolute atomic E-state index is 0.0430. The Morgan fingerprint density at radius 2 is 1.61 bits per heavy atom. The van der Waals surface area contributed by atoms with E-state index in [-0.39, 0.29) is 13.0 Å². The Hall–Kier alpha value is -4.08. The van der Waals surface area contributed by atoms with E-state index < -0.39 is 30.2 Å². The highest BCUT2D eigenvalue weighted by molar-refractivity contribution is 5.97. The number of benzene rings is 2. The molecule has 0 saturated heterocycles. The van der Waals surface area contributed by atoms with Crippen LogP contribution in [0.2, 0.25) is 0 Å². The van der Waals surface area contributed by atoms with Gasteiger partial charge in [0.2, 0.25) is 11.7 Å². The van der Waals surface area contributed by atoms with Crippen LogP contribution >= 0.6 is 0 Å². The van der Waals surface area contributed by atoms with E-state index >= 15 is 0 Å². The molecule has 9 nitrogen and oxygen atoms in total. The number of carbonyl (C=O) groups excluding carboxylic acids is 3. The second-order valence-corrected chi connectivity index (χ2v) is 6.64. The van der Waals surface area contributed by atoms with Crippen molar-refractivity contribution in [1.82, 2.24) is 0 Å². The third-order valence-electron chi connectivity index (χ3n) is 4.46. The van der Waals surface area contributed by atoms with Gasteiger partial charge in [0.1, 0.15) is 5.82 Å². The van der Waals surface area contributed by atoms with Gasteiger partial charge < -0.3 is 29.6 Å². The number of primary amides is 1. The second kappa shape index (κ2) is 12.1. The zero-order chi connectivity index (χ0) is 24.4. The normalized spacial score (nSPS) is 10.5. The topological polar surface area (TPSA) is 117 Å². The SMILES string of the molecule is COc1cc(/C=C/C(=O)OCC(=O)N(CCC(N)=O)c2ccc(F)cc2)cc(OC)c1OC. The highest BCUT2D eigenvalue weighted by atomic mass is 19.1. The Labute approximate surface area is 190 Å². The maximum Gasteiger partial charge on any atom is 0.331 e. The van der Waals surface area contributed by atoms with E-state index in [1.54, 1.807) is 12.1 Å². The fourth-order valence-electron chi connectivity index (χ4n) is 2.86. The van der Waals surface area contributed by atoms with E-state index in [9.17, 15) is 18.8 Å². The largest absolute Gasteiger partial charge is 0.493 e. The molecule has 33 heavy (non-hydrogen) atoms. The van der Waals surface area contributed by atoms with Gasteiger partial charge in [-0.3, -0.25) is 9.59 Å². The van der Waals surface area contributed by atoms with Gasteiger partial charge in [0, 0.05) is 24.7 Å². The summed E-state index contributed by atoms with van der Waals surface area (Å²) in [5.41, 5.74) is 6.07. The Bertz CT molecular complexity index is 997. The molecule has 2 amide bonds. The summed E-state index contributed by atoms with van der Waals surface area (Å²) in [5.74, 6) is -1.25. The van der Waals surface area contributed by atoms with Gasteiger partial charge in [0.05, 0.1) is 21.3 Å². The minimum Gasteiger partial charge on any atom is -0.493 e. The molecule has 2 aromatic carbocycles. The number of ether oxygens (including phenoxy) is 4. The molecule has 0 aliphatic rings. The standard InChI is InChI=1S/C23H25FN2O7/c1-30-18-12-15(13-19(31-2)23(18)32-3)4-9-22(29)33-14-21(28)26(11-10-20(25)27)17-7-5-16(24)6-8-17/h4-9,12-13H,10-11,14H2,1-3H3,(H2,25,27)/b9-4+. The number of amides is 2. The number of rotatable bonds is 11. The van der Waals surface area contributed by atoms with E-state index in [1.807, 2.05) is 0 Å². The van der Waals surface area contributed by atoms with Crippen molar-refractivity contribution in [3.8, 4) is 17.2 Å². The van der Waals surface area contributed by atoms with Crippen molar-refractivity contribution in [2.75, 3.05) is 39.4 Å². The quantitative estimate of drug-likeness (QED) is 0.404. The van der Waals surface area contributed by atoms with Crippen molar-refractivity contribution in [3.05, 3.63) is 53.9 Å². The lowest BCUT2D eigenvalue weighted by Crippen LogP contribution is -2.37. The summed E-state index contributed by atoms with van der Waals surface area (Å²) in [6.45, 7) is -0.632. The molecule has 2 N–H and O–H groups in total. The van der Waals surface area contributed by atoms with Crippen LogP contribution < -0.4 is 24.8 Å². The number of hydrogen-bond donors (Lipinski definition) is 1. The lowest BCUT2D eigenvalue weighted by molar-refractivity contribution is -0.143. The van der Waals surface area contributed by atoms with Gasteiger partial charge in [0.25, 0.3) is 5.91 Å². The summed E-state index contributed by atoms with van der Waals surface area (Å²) in [4.78, 5) is 37.0. The number of anilines is 1. The predicted molar refractivity (Wildman–Crippen MR) is 119 cm³/mol. The summed E-state index contributed by atoms with van der Waals surface area (Å²) >= 11 is 0. The molecule has 0 fully saturated rings. The summed E-state index contributed by atoms with van der Waals surface area (Å²) in [5, 5.41) is 0. The molecule has 0 atom stereocenters. The smallest absolute Gasteiger partial charge is 0.331 e. The molecule has 0 aromatic heterocycles. The molecular weight excluding hydrogens is 435 g/mol. The van der Waals surface area contributed by atoms with Crippen molar-refractivity contribution < 1.29 is 37.7 Å². The molecule has 0 radical (unpaired) electrons. The summed E-state index contributed by atoms with van der Waals surface area (Å²) < 4.78 is 34.0. The Kier molecular flexibility index (Phi) is 9.22. The van der Waals surface area contributed by atoms with Crippen LogP contribution in [0.25, 0.3) is 6.08 Å². The van der Waals surface area contributed by atoms with Crippen LogP contribution in [0.1, 0.15) is 12.0 Å². The summed E-state index contributed by atoms with van der Waals surface area (Å²) in [6, 6.07) is 8.37. The summed E-state index contributed by atoms with van der Waals surface area (Å²) in [7, 11) is 4.41. The number of carbonyl (C=O) groups is 3. The lowest BCUT2D eigenvalue weighted by atomic mass is 10.1. The number of hydrogen-bond acceptors (Lipinski definition) is 7. The fraction of sp³-hybridized carbons (Fsp3) is 0.261. The van der Waals surface area contributed by atoms with Crippen LogP contribution in [-0.2, 0) is 19.1 Å². The molecule has 10 heteroatoms. The molecule has 176 valence electrons. The second-order valence-electron chi connectivity index (χ2n) is 6.64. The van der Waals surface area contributed by atoms with Crippen molar-refractivity contribution in [2.24, 2.45) is 5.73 Å². The van der Waals surface area contributed by atoms with Crippen molar-refractivity contribution in [2.45, 2.75) is 6.42 Å². The zero-order valence-corrected chi connectivity index (χ0v) is 18.5. The third-order valence-corrected chi connectivity index (χ3v) is 4.46. The van der Waals surface area contributed by atoms with Gasteiger partial charge in [-0.05, 0) is 48.0 Å². The minimum atomic E-state index is -0.772. The molecule has 0 aliphatic carbocycles. The zero-order valence-electron chi connectivity index (χ0n) is 18.5. The van der Waals surface area contributed by atoms with Crippen LogP contribution in [0.3, 0.4) is 0 Å². The Morgan fingerprint density at radius 1 is 1.00 bits per heavy atom. The third kappa shape index (κ3) is 7.23. The predicted octanol–water partition coefficient (Wildman–Crippen LogP) is 2.32. The first-order chi connectivity index (χ1) is 15.8. The number of esters is 1. The maximum atomic E-state index is 13.2. The Morgan fingerprint density at radius 3 is 2.12 bits per heavy atom. The number of nitrogens with two attached hydrogens (primary N) is 1. The highest BCUT2D eigenvalue weighted by Crippen LogP contribution is 2.38. The summed E-state index contributed by atoms with van der Waals surface area (Å²) in [6.07, 6.45) is 2.49. The van der Waals surface area contributed by atoms with Gasteiger partial charge in [-0.1, -0.05) is 0 Å². The van der Waals surface area contributed by atoms with E-state index in [1.165, 1.54) is 56.6 Å². The average Bonchev–Trinajstić information content (AvgIpc) is 2.81. The molecule has 0 unspecified atom stereocenters.